The summed E-state index contributed by atoms with van der Waals surface area (Å²) in [7, 11) is 1.48. The summed E-state index contributed by atoms with van der Waals surface area (Å²) in [5, 5.41) is 20.5. The van der Waals surface area contributed by atoms with E-state index in [-0.39, 0.29) is 12.2 Å². The molecule has 3 aromatic rings. The molecule has 1 N–H and O–H groups in total. The summed E-state index contributed by atoms with van der Waals surface area (Å²) in [6, 6.07) is 7.22. The van der Waals surface area contributed by atoms with Crippen LogP contribution in [0.2, 0.25) is 0 Å². The van der Waals surface area contributed by atoms with E-state index in [0.717, 1.165) is 6.07 Å². The molecule has 0 fully saturated rings. The van der Waals surface area contributed by atoms with Crippen molar-refractivity contribution in [2.75, 3.05) is 7.11 Å². The lowest BCUT2D eigenvalue weighted by Gasteiger charge is -2.05. The van der Waals surface area contributed by atoms with Gasteiger partial charge in [0.2, 0.25) is 0 Å². The van der Waals surface area contributed by atoms with Gasteiger partial charge in [-0.1, -0.05) is 0 Å². The predicted molar refractivity (Wildman–Crippen MR) is 89.7 cm³/mol. The largest absolute Gasteiger partial charge is 0.497 e. The third kappa shape index (κ3) is 2.79. The number of ether oxygens (including phenoxy) is 1. The van der Waals surface area contributed by atoms with Crippen molar-refractivity contribution in [2.24, 2.45) is 0 Å². The first-order valence-electron chi connectivity index (χ1n) is 7.52. The molecule has 0 amide bonds. The van der Waals surface area contributed by atoms with Crippen LogP contribution in [0.4, 0.5) is 5.88 Å². The smallest absolute Gasteiger partial charge is 0.433 e. The molecule has 0 aliphatic rings. The molecule has 2 aromatic heterocycles. The SMILES string of the molecule is COc1ccc2c(c1)c(CC(=O)O)c(C)n2C(=O)c1ccc([N+](=O)[O-])o1. The zero-order valence-corrected chi connectivity index (χ0v) is 13.9. The van der Waals surface area contributed by atoms with Crippen molar-refractivity contribution >= 4 is 28.7 Å². The van der Waals surface area contributed by atoms with E-state index in [1.807, 2.05) is 0 Å². The van der Waals surface area contributed by atoms with Crippen molar-refractivity contribution < 1.29 is 28.8 Å². The summed E-state index contributed by atoms with van der Waals surface area (Å²) >= 11 is 0. The monoisotopic (exact) mass is 358 g/mol. The Morgan fingerprint density at radius 2 is 2.04 bits per heavy atom. The van der Waals surface area contributed by atoms with Crippen molar-refractivity contribution in [3.05, 3.63) is 57.5 Å². The molecule has 3 rings (SSSR count). The van der Waals surface area contributed by atoms with E-state index in [2.05, 4.69) is 0 Å². The van der Waals surface area contributed by atoms with E-state index < -0.39 is 22.7 Å². The third-order valence-corrected chi connectivity index (χ3v) is 4.06. The van der Waals surface area contributed by atoms with Gasteiger partial charge in [0.05, 0.1) is 25.1 Å². The quantitative estimate of drug-likeness (QED) is 0.549. The Morgan fingerprint density at radius 1 is 1.31 bits per heavy atom. The highest BCUT2D eigenvalue weighted by Gasteiger charge is 2.25. The lowest BCUT2D eigenvalue weighted by molar-refractivity contribution is -0.402. The molecule has 0 radical (unpaired) electrons. The van der Waals surface area contributed by atoms with Gasteiger partial charge >= 0.3 is 11.9 Å². The zero-order valence-electron chi connectivity index (χ0n) is 13.9. The number of aromatic nitrogens is 1. The summed E-state index contributed by atoms with van der Waals surface area (Å²) in [5.74, 6) is -1.91. The van der Waals surface area contributed by atoms with E-state index in [0.29, 0.717) is 27.9 Å². The maximum atomic E-state index is 12.8. The van der Waals surface area contributed by atoms with Crippen LogP contribution >= 0.6 is 0 Å². The van der Waals surface area contributed by atoms with Crippen molar-refractivity contribution in [1.82, 2.24) is 4.57 Å². The van der Waals surface area contributed by atoms with Crippen molar-refractivity contribution in [1.29, 1.82) is 0 Å². The minimum atomic E-state index is -1.05. The molecule has 0 bridgehead atoms. The van der Waals surface area contributed by atoms with E-state index in [4.69, 9.17) is 9.15 Å². The predicted octanol–water partition coefficient (Wildman–Crippen LogP) is 2.78. The van der Waals surface area contributed by atoms with Crippen LogP contribution < -0.4 is 4.74 Å². The fourth-order valence-electron chi connectivity index (χ4n) is 2.88. The highest BCUT2D eigenvalue weighted by atomic mass is 16.6. The minimum Gasteiger partial charge on any atom is -0.497 e. The Bertz CT molecular complexity index is 1040. The number of hydrogen-bond acceptors (Lipinski definition) is 6. The number of benzene rings is 1. The van der Waals surface area contributed by atoms with Crippen LogP contribution in [0.1, 0.15) is 21.8 Å². The van der Waals surface area contributed by atoms with E-state index in [1.54, 1.807) is 25.1 Å². The van der Waals surface area contributed by atoms with Gasteiger partial charge < -0.3 is 14.3 Å². The maximum Gasteiger partial charge on any atom is 0.433 e. The molecule has 0 unspecified atom stereocenters. The third-order valence-electron chi connectivity index (χ3n) is 4.06. The Balaban J connectivity index is 2.21. The number of nitro groups is 1. The highest BCUT2D eigenvalue weighted by molar-refractivity contribution is 6.03. The van der Waals surface area contributed by atoms with Gasteiger partial charge in [-0.2, -0.15) is 0 Å². The van der Waals surface area contributed by atoms with Crippen LogP contribution in [0, 0.1) is 17.0 Å². The molecule has 26 heavy (non-hydrogen) atoms. The molecule has 134 valence electrons. The molecule has 2 heterocycles. The first-order valence-corrected chi connectivity index (χ1v) is 7.52. The van der Waals surface area contributed by atoms with Gasteiger partial charge in [-0.05, 0) is 36.8 Å². The molecular formula is C17H14N2O7. The van der Waals surface area contributed by atoms with Crippen LogP contribution in [-0.2, 0) is 11.2 Å². The van der Waals surface area contributed by atoms with Gasteiger partial charge in [-0.15, -0.1) is 0 Å². The summed E-state index contributed by atoms with van der Waals surface area (Å²) < 4.78 is 11.4. The number of methoxy groups -OCH3 is 1. The first-order chi connectivity index (χ1) is 12.3. The maximum absolute atomic E-state index is 12.8. The van der Waals surface area contributed by atoms with Gasteiger partial charge in [0, 0.05) is 11.1 Å². The van der Waals surface area contributed by atoms with E-state index in [9.17, 15) is 24.8 Å². The number of furan rings is 1. The number of rotatable bonds is 5. The van der Waals surface area contributed by atoms with Gasteiger partial charge in [0.1, 0.15) is 10.7 Å². The second kappa shape index (κ2) is 6.36. The Kier molecular flexibility index (Phi) is 4.21. The van der Waals surface area contributed by atoms with Crippen LogP contribution in [-0.4, -0.2) is 33.6 Å². The molecule has 0 saturated carbocycles. The molecule has 9 heteroatoms. The van der Waals surface area contributed by atoms with Crippen molar-refractivity contribution in [2.45, 2.75) is 13.3 Å². The fraction of sp³-hybridized carbons (Fsp3) is 0.176. The standard InChI is InChI=1S/C17H14N2O7/c1-9-11(8-16(20)21)12-7-10(25-2)3-4-13(12)18(9)17(22)14-5-6-15(26-14)19(23)24/h3-7H,8H2,1-2H3,(H,20,21). The van der Waals surface area contributed by atoms with Crippen LogP contribution in [0.5, 0.6) is 5.75 Å². The molecule has 1 aromatic carbocycles. The molecule has 0 aliphatic heterocycles. The summed E-state index contributed by atoms with van der Waals surface area (Å²) in [6.45, 7) is 1.61. The number of carboxylic acid groups (broad SMARTS) is 1. The number of carbonyl (C=O) groups excluding carboxylic acids is 1. The first kappa shape index (κ1) is 17.2. The Labute approximate surface area is 146 Å². The average molecular weight is 358 g/mol. The molecule has 9 nitrogen and oxygen atoms in total. The molecule has 0 atom stereocenters. The lowest BCUT2D eigenvalue weighted by atomic mass is 10.1. The van der Waals surface area contributed by atoms with E-state index in [1.165, 1.54) is 17.7 Å². The van der Waals surface area contributed by atoms with Crippen LogP contribution in [0.25, 0.3) is 10.9 Å². The number of aliphatic carboxylic acids is 1. The summed E-state index contributed by atoms with van der Waals surface area (Å²) in [5.41, 5.74) is 1.34. The Hall–Kier alpha value is -3.62. The van der Waals surface area contributed by atoms with Gasteiger partial charge in [-0.25, -0.2) is 0 Å². The number of carboxylic acids is 1. The number of fused-ring (bicyclic) bond motifs is 1. The lowest BCUT2D eigenvalue weighted by Crippen LogP contribution is -2.13. The second-order valence-corrected chi connectivity index (χ2v) is 5.55. The van der Waals surface area contributed by atoms with Gasteiger partial charge in [-0.3, -0.25) is 24.3 Å². The molecule has 0 spiro atoms. The second-order valence-electron chi connectivity index (χ2n) is 5.55. The summed E-state index contributed by atoms with van der Waals surface area (Å²) in [6.07, 6.45) is -0.284. The summed E-state index contributed by atoms with van der Waals surface area (Å²) in [4.78, 5) is 34.1. The Morgan fingerprint density at radius 3 is 2.62 bits per heavy atom. The van der Waals surface area contributed by atoms with Gasteiger partial charge in [0.25, 0.3) is 5.91 Å². The normalized spacial score (nSPS) is 10.8. The average Bonchev–Trinajstić information content (AvgIpc) is 3.18. The molecular weight excluding hydrogens is 344 g/mol. The van der Waals surface area contributed by atoms with Gasteiger partial charge in [0.15, 0.2) is 5.76 Å². The zero-order chi connectivity index (χ0) is 19.0. The minimum absolute atomic E-state index is 0.214. The van der Waals surface area contributed by atoms with Crippen molar-refractivity contribution in [3.8, 4) is 5.75 Å². The number of nitrogens with zero attached hydrogens (tertiary/aromatic N) is 2. The van der Waals surface area contributed by atoms with E-state index >= 15 is 0 Å². The number of hydrogen-bond donors (Lipinski definition) is 1. The van der Waals surface area contributed by atoms with Crippen molar-refractivity contribution in [3.63, 3.8) is 0 Å². The molecule has 0 saturated heterocycles. The molecule has 0 aliphatic carbocycles. The highest BCUT2D eigenvalue weighted by Crippen LogP contribution is 2.31. The fourth-order valence-corrected chi connectivity index (χ4v) is 2.88. The topological polar surface area (TPSA) is 125 Å². The number of carbonyl (C=O) groups is 2. The van der Waals surface area contributed by atoms with Crippen LogP contribution in [0.3, 0.4) is 0 Å². The van der Waals surface area contributed by atoms with Crippen LogP contribution in [0.15, 0.2) is 34.7 Å².